The van der Waals surface area contributed by atoms with Crippen molar-refractivity contribution in [1.29, 1.82) is 0 Å². The maximum Gasteiger partial charge on any atom is 0.270 e. The van der Waals surface area contributed by atoms with E-state index in [2.05, 4.69) is 27.5 Å². The molecule has 7 heteroatoms. The molecule has 0 spiro atoms. The van der Waals surface area contributed by atoms with Crippen LogP contribution in [0.25, 0.3) is 10.9 Å². The molecule has 1 aromatic carbocycles. The molecule has 2 aromatic rings. The van der Waals surface area contributed by atoms with Gasteiger partial charge < -0.3 is 10.6 Å². The molecular formula is C17H23N5O2. The Labute approximate surface area is 141 Å². The highest BCUT2D eigenvalue weighted by atomic mass is 16.6. The lowest BCUT2D eigenvalue weighted by Gasteiger charge is -2.11. The van der Waals surface area contributed by atoms with E-state index in [1.165, 1.54) is 17.7 Å². The minimum absolute atomic E-state index is 0.0306. The molecule has 0 saturated carbocycles. The number of non-ortho nitro benzene ring substituents is 1. The van der Waals surface area contributed by atoms with Crippen molar-refractivity contribution in [3.05, 3.63) is 40.0 Å². The minimum atomic E-state index is -0.410. The van der Waals surface area contributed by atoms with Crippen molar-refractivity contribution in [1.82, 2.24) is 9.97 Å². The first-order valence-corrected chi connectivity index (χ1v) is 8.08. The summed E-state index contributed by atoms with van der Waals surface area (Å²) in [5.41, 5.74) is 1.89. The van der Waals surface area contributed by atoms with E-state index in [9.17, 15) is 10.1 Å². The van der Waals surface area contributed by atoms with Gasteiger partial charge in [-0.2, -0.15) is 4.98 Å². The molecule has 1 heterocycles. The molecule has 0 amide bonds. The summed E-state index contributed by atoms with van der Waals surface area (Å²) in [6.45, 7) is 7.55. The Bertz CT molecular complexity index is 754. The Hall–Kier alpha value is -2.70. The molecule has 0 radical (unpaired) electrons. The van der Waals surface area contributed by atoms with Crippen LogP contribution in [0.15, 0.2) is 29.8 Å². The van der Waals surface area contributed by atoms with Crippen LogP contribution in [0.3, 0.4) is 0 Å². The second kappa shape index (κ2) is 8.24. The Morgan fingerprint density at radius 2 is 2.08 bits per heavy atom. The Kier molecular flexibility index (Phi) is 6.06. The second-order valence-corrected chi connectivity index (χ2v) is 5.80. The van der Waals surface area contributed by atoms with Crippen molar-refractivity contribution in [2.45, 2.75) is 33.6 Å². The number of nitro groups is 1. The van der Waals surface area contributed by atoms with Crippen molar-refractivity contribution >= 4 is 28.4 Å². The van der Waals surface area contributed by atoms with Crippen molar-refractivity contribution < 1.29 is 4.92 Å². The summed E-state index contributed by atoms with van der Waals surface area (Å²) in [6, 6.07) is 4.63. The summed E-state index contributed by atoms with van der Waals surface area (Å²) < 4.78 is 0. The fourth-order valence-corrected chi connectivity index (χ4v) is 2.17. The smallest absolute Gasteiger partial charge is 0.270 e. The van der Waals surface area contributed by atoms with Crippen molar-refractivity contribution in [3.8, 4) is 0 Å². The SMILES string of the molecule is CCCCNc1nc(NCC=C(C)C)c2cc([N+](=O)[O-])ccc2n1. The Morgan fingerprint density at radius 1 is 1.29 bits per heavy atom. The van der Waals surface area contributed by atoms with Gasteiger partial charge in [0.25, 0.3) is 5.69 Å². The number of benzene rings is 1. The zero-order valence-electron chi connectivity index (χ0n) is 14.3. The molecule has 0 aliphatic heterocycles. The fraction of sp³-hybridized carbons (Fsp3) is 0.412. The number of nitrogens with one attached hydrogen (secondary N) is 2. The maximum atomic E-state index is 11.0. The van der Waals surface area contributed by atoms with E-state index in [4.69, 9.17) is 0 Å². The van der Waals surface area contributed by atoms with Gasteiger partial charge in [0.2, 0.25) is 5.95 Å². The van der Waals surface area contributed by atoms with E-state index in [-0.39, 0.29) is 5.69 Å². The molecule has 2 rings (SSSR count). The maximum absolute atomic E-state index is 11.0. The third kappa shape index (κ3) is 4.65. The largest absolute Gasteiger partial charge is 0.366 e. The van der Waals surface area contributed by atoms with Crippen LogP contribution in [0.4, 0.5) is 17.5 Å². The predicted octanol–water partition coefficient (Wildman–Crippen LogP) is 4.13. The van der Waals surface area contributed by atoms with Crippen molar-refractivity contribution in [2.24, 2.45) is 0 Å². The third-order valence-electron chi connectivity index (χ3n) is 3.48. The molecular weight excluding hydrogens is 306 g/mol. The molecule has 0 unspecified atom stereocenters. The molecule has 24 heavy (non-hydrogen) atoms. The number of rotatable bonds is 8. The zero-order valence-corrected chi connectivity index (χ0v) is 14.3. The third-order valence-corrected chi connectivity index (χ3v) is 3.48. The first-order valence-electron chi connectivity index (χ1n) is 8.08. The monoisotopic (exact) mass is 329 g/mol. The second-order valence-electron chi connectivity index (χ2n) is 5.80. The molecule has 0 fully saturated rings. The quantitative estimate of drug-likeness (QED) is 0.327. The number of unbranched alkanes of at least 4 members (excludes halogenated alkanes) is 1. The summed E-state index contributed by atoms with van der Waals surface area (Å²) in [5, 5.41) is 18.1. The van der Waals surface area contributed by atoms with Crippen LogP contribution in [0.5, 0.6) is 0 Å². The van der Waals surface area contributed by atoms with Gasteiger partial charge in [0, 0.05) is 30.6 Å². The number of hydrogen-bond acceptors (Lipinski definition) is 6. The summed E-state index contributed by atoms with van der Waals surface area (Å²) in [7, 11) is 0. The van der Waals surface area contributed by atoms with E-state index >= 15 is 0 Å². The molecule has 0 saturated heterocycles. The van der Waals surface area contributed by atoms with Gasteiger partial charge in [-0.1, -0.05) is 25.0 Å². The number of aromatic nitrogens is 2. The van der Waals surface area contributed by atoms with Gasteiger partial charge >= 0.3 is 0 Å². The molecule has 2 N–H and O–H groups in total. The lowest BCUT2D eigenvalue weighted by Crippen LogP contribution is -2.09. The van der Waals surface area contributed by atoms with E-state index in [0.717, 1.165) is 19.4 Å². The summed E-state index contributed by atoms with van der Waals surface area (Å²) in [4.78, 5) is 19.5. The van der Waals surface area contributed by atoms with Crippen molar-refractivity contribution in [2.75, 3.05) is 23.7 Å². The molecule has 0 atom stereocenters. The summed E-state index contributed by atoms with van der Waals surface area (Å²) in [5.74, 6) is 1.13. The van der Waals surface area contributed by atoms with Crippen LogP contribution in [-0.2, 0) is 0 Å². The number of hydrogen-bond donors (Lipinski definition) is 2. The minimum Gasteiger partial charge on any atom is -0.366 e. The average molecular weight is 329 g/mol. The average Bonchev–Trinajstić information content (AvgIpc) is 2.54. The standard InChI is InChI=1S/C17H23N5O2/c1-4-5-9-19-17-20-15-7-6-13(22(23)24)11-14(15)16(21-17)18-10-8-12(2)3/h6-8,11H,4-5,9-10H2,1-3H3,(H2,18,19,20,21). The topological polar surface area (TPSA) is 93.0 Å². The number of fused-ring (bicyclic) bond motifs is 1. The molecule has 128 valence electrons. The van der Waals surface area contributed by atoms with E-state index in [0.29, 0.717) is 29.2 Å². The van der Waals surface area contributed by atoms with Crippen LogP contribution >= 0.6 is 0 Å². The molecule has 0 bridgehead atoms. The van der Waals surface area contributed by atoms with Gasteiger partial charge in [-0.15, -0.1) is 0 Å². The first kappa shape index (κ1) is 17.7. The van der Waals surface area contributed by atoms with Crippen LogP contribution < -0.4 is 10.6 Å². The van der Waals surface area contributed by atoms with E-state index in [1.807, 2.05) is 19.9 Å². The first-order chi connectivity index (χ1) is 11.5. The Morgan fingerprint density at radius 3 is 2.75 bits per heavy atom. The summed E-state index contributed by atoms with van der Waals surface area (Å²) >= 11 is 0. The van der Waals surface area contributed by atoms with Gasteiger partial charge in [0.1, 0.15) is 5.82 Å². The highest BCUT2D eigenvalue weighted by molar-refractivity contribution is 5.91. The van der Waals surface area contributed by atoms with E-state index < -0.39 is 4.92 Å². The highest BCUT2D eigenvalue weighted by Gasteiger charge is 2.12. The summed E-state index contributed by atoms with van der Waals surface area (Å²) in [6.07, 6.45) is 4.15. The van der Waals surface area contributed by atoms with Crippen LogP contribution in [0.1, 0.15) is 33.6 Å². The molecule has 7 nitrogen and oxygen atoms in total. The molecule has 1 aromatic heterocycles. The lowest BCUT2D eigenvalue weighted by atomic mass is 10.2. The van der Waals surface area contributed by atoms with Gasteiger partial charge in [-0.25, -0.2) is 4.98 Å². The fourth-order valence-electron chi connectivity index (χ4n) is 2.17. The van der Waals surface area contributed by atoms with Crippen LogP contribution in [0, 0.1) is 10.1 Å². The van der Waals surface area contributed by atoms with Crippen LogP contribution in [-0.4, -0.2) is 28.0 Å². The van der Waals surface area contributed by atoms with Crippen molar-refractivity contribution in [3.63, 3.8) is 0 Å². The van der Waals surface area contributed by atoms with E-state index in [1.54, 1.807) is 6.07 Å². The highest BCUT2D eigenvalue weighted by Crippen LogP contribution is 2.26. The number of nitro benzene ring substituents is 1. The predicted molar refractivity (Wildman–Crippen MR) is 97.5 cm³/mol. The lowest BCUT2D eigenvalue weighted by molar-refractivity contribution is -0.384. The number of anilines is 2. The van der Waals surface area contributed by atoms with Gasteiger partial charge in [0.05, 0.1) is 10.4 Å². The zero-order chi connectivity index (χ0) is 17.5. The van der Waals surface area contributed by atoms with Gasteiger partial charge in [-0.05, 0) is 26.3 Å². The number of allylic oxidation sites excluding steroid dienone is 1. The Balaban J connectivity index is 2.39. The van der Waals surface area contributed by atoms with Gasteiger partial charge in [-0.3, -0.25) is 10.1 Å². The number of nitrogens with zero attached hydrogens (tertiary/aromatic N) is 3. The van der Waals surface area contributed by atoms with Crippen LogP contribution in [0.2, 0.25) is 0 Å². The molecule has 0 aliphatic rings. The normalized spacial score (nSPS) is 10.5. The molecule has 0 aliphatic carbocycles. The van der Waals surface area contributed by atoms with Gasteiger partial charge in [0.15, 0.2) is 0 Å².